The third kappa shape index (κ3) is 4.24. The van der Waals surface area contributed by atoms with Gasteiger partial charge in [0.1, 0.15) is 11.4 Å². The van der Waals surface area contributed by atoms with Crippen molar-refractivity contribution >= 4 is 11.6 Å². The zero-order valence-corrected chi connectivity index (χ0v) is 17.0. The van der Waals surface area contributed by atoms with E-state index in [9.17, 15) is 14.9 Å². The molecule has 0 bridgehead atoms. The van der Waals surface area contributed by atoms with E-state index in [-0.39, 0.29) is 17.1 Å². The Bertz CT molecular complexity index is 878. The highest BCUT2D eigenvalue weighted by molar-refractivity contribution is 5.94. The standard InChI is InChI=1S/C21H28N4O3/c1-14-9-11-21(4,12-10-14)22-20(26)18-7-5-17(6-8-18)13-24-16(3)19(25(27)28)15(2)23-24/h5-8,14H,9-13H2,1-4H3,(H,22,26). The highest BCUT2D eigenvalue weighted by Crippen LogP contribution is 2.31. The van der Waals surface area contributed by atoms with E-state index >= 15 is 0 Å². The molecule has 0 aliphatic heterocycles. The molecule has 1 saturated carbocycles. The molecular weight excluding hydrogens is 356 g/mol. The number of carbonyl (C=O) groups is 1. The van der Waals surface area contributed by atoms with Gasteiger partial charge < -0.3 is 5.32 Å². The Morgan fingerprint density at radius 2 is 1.89 bits per heavy atom. The van der Waals surface area contributed by atoms with Gasteiger partial charge in [0.2, 0.25) is 0 Å². The van der Waals surface area contributed by atoms with Crippen LogP contribution in [0, 0.1) is 29.9 Å². The molecule has 1 amide bonds. The zero-order valence-electron chi connectivity index (χ0n) is 17.0. The number of hydrogen-bond acceptors (Lipinski definition) is 4. The molecule has 7 nitrogen and oxygen atoms in total. The molecule has 0 spiro atoms. The highest BCUT2D eigenvalue weighted by atomic mass is 16.6. The molecule has 7 heteroatoms. The first-order valence-electron chi connectivity index (χ1n) is 9.78. The van der Waals surface area contributed by atoms with Gasteiger partial charge in [-0.1, -0.05) is 19.1 Å². The summed E-state index contributed by atoms with van der Waals surface area (Å²) in [5.74, 6) is 0.680. The maximum atomic E-state index is 12.6. The number of aromatic nitrogens is 2. The molecule has 1 aliphatic carbocycles. The third-order valence-electron chi connectivity index (χ3n) is 5.87. The number of aryl methyl sites for hydroxylation is 1. The van der Waals surface area contributed by atoms with E-state index in [1.54, 1.807) is 30.7 Å². The maximum absolute atomic E-state index is 12.6. The van der Waals surface area contributed by atoms with Crippen molar-refractivity contribution in [2.45, 2.75) is 65.5 Å². The van der Waals surface area contributed by atoms with Crippen molar-refractivity contribution in [2.24, 2.45) is 5.92 Å². The molecule has 28 heavy (non-hydrogen) atoms. The second kappa shape index (κ2) is 7.73. The largest absolute Gasteiger partial charge is 0.347 e. The van der Waals surface area contributed by atoms with Gasteiger partial charge in [-0.25, -0.2) is 0 Å². The lowest BCUT2D eigenvalue weighted by Crippen LogP contribution is -2.48. The number of hydrogen-bond donors (Lipinski definition) is 1. The Labute approximate surface area is 165 Å². The zero-order chi connectivity index (χ0) is 20.5. The van der Waals surface area contributed by atoms with Crippen molar-refractivity contribution in [1.29, 1.82) is 0 Å². The van der Waals surface area contributed by atoms with Crippen LogP contribution in [-0.2, 0) is 6.54 Å². The molecule has 0 radical (unpaired) electrons. The quantitative estimate of drug-likeness (QED) is 0.619. The van der Waals surface area contributed by atoms with Crippen molar-refractivity contribution < 1.29 is 9.72 Å². The summed E-state index contributed by atoms with van der Waals surface area (Å²) in [6.07, 6.45) is 4.30. The minimum absolute atomic E-state index is 0.0506. The molecule has 0 atom stereocenters. The smallest absolute Gasteiger partial charge is 0.312 e. The van der Waals surface area contributed by atoms with Crippen molar-refractivity contribution in [1.82, 2.24) is 15.1 Å². The fourth-order valence-electron chi connectivity index (χ4n) is 3.91. The van der Waals surface area contributed by atoms with Crippen LogP contribution in [0.2, 0.25) is 0 Å². The summed E-state index contributed by atoms with van der Waals surface area (Å²) >= 11 is 0. The van der Waals surface area contributed by atoms with Gasteiger partial charge >= 0.3 is 5.69 Å². The van der Waals surface area contributed by atoms with Crippen LogP contribution >= 0.6 is 0 Å². The highest BCUT2D eigenvalue weighted by Gasteiger charge is 2.31. The summed E-state index contributed by atoms with van der Waals surface area (Å²) in [7, 11) is 0. The third-order valence-corrected chi connectivity index (χ3v) is 5.87. The molecule has 1 aromatic carbocycles. The summed E-state index contributed by atoms with van der Waals surface area (Å²) in [4.78, 5) is 23.4. The molecule has 3 rings (SSSR count). The Balaban J connectivity index is 1.68. The van der Waals surface area contributed by atoms with Gasteiger partial charge in [0, 0.05) is 11.1 Å². The lowest BCUT2D eigenvalue weighted by Gasteiger charge is -2.37. The SMILES string of the molecule is Cc1nn(Cc2ccc(C(=O)NC3(C)CCC(C)CC3)cc2)c(C)c1[N+](=O)[O-]. The molecule has 1 N–H and O–H groups in total. The van der Waals surface area contributed by atoms with Gasteiger partial charge in [0.25, 0.3) is 5.91 Å². The lowest BCUT2D eigenvalue weighted by molar-refractivity contribution is -0.386. The van der Waals surface area contributed by atoms with Gasteiger partial charge in [0.15, 0.2) is 0 Å². The van der Waals surface area contributed by atoms with E-state index in [0.717, 1.165) is 37.2 Å². The Hall–Kier alpha value is -2.70. The average Bonchev–Trinajstić information content (AvgIpc) is 2.92. The summed E-state index contributed by atoms with van der Waals surface area (Å²) in [5, 5.41) is 18.6. The Kier molecular flexibility index (Phi) is 5.54. The molecule has 1 aromatic heterocycles. The monoisotopic (exact) mass is 384 g/mol. The van der Waals surface area contributed by atoms with E-state index in [1.807, 2.05) is 12.1 Å². The molecular formula is C21H28N4O3. The van der Waals surface area contributed by atoms with Crippen molar-refractivity contribution in [2.75, 3.05) is 0 Å². The molecule has 150 valence electrons. The molecule has 1 aliphatic rings. The van der Waals surface area contributed by atoms with E-state index < -0.39 is 4.92 Å². The summed E-state index contributed by atoms with van der Waals surface area (Å²) in [5.41, 5.74) is 2.44. The first-order chi connectivity index (χ1) is 13.2. The van der Waals surface area contributed by atoms with E-state index in [2.05, 4.69) is 24.3 Å². The first kappa shape index (κ1) is 20.0. The summed E-state index contributed by atoms with van der Waals surface area (Å²) in [6.45, 7) is 8.16. The van der Waals surface area contributed by atoms with Crippen LogP contribution in [0.4, 0.5) is 5.69 Å². The van der Waals surface area contributed by atoms with Crippen LogP contribution in [0.15, 0.2) is 24.3 Å². The van der Waals surface area contributed by atoms with E-state index in [1.165, 1.54) is 0 Å². The van der Waals surface area contributed by atoms with Crippen LogP contribution < -0.4 is 5.32 Å². The fourth-order valence-corrected chi connectivity index (χ4v) is 3.91. The normalized spacial score (nSPS) is 22.1. The van der Waals surface area contributed by atoms with Gasteiger partial charge in [-0.05, 0) is 70.1 Å². The number of rotatable bonds is 5. The van der Waals surface area contributed by atoms with E-state index in [0.29, 0.717) is 23.5 Å². The van der Waals surface area contributed by atoms with Crippen LogP contribution in [-0.4, -0.2) is 26.1 Å². The Morgan fingerprint density at radius 3 is 2.43 bits per heavy atom. The number of carbonyl (C=O) groups excluding carboxylic acids is 1. The molecule has 1 fully saturated rings. The van der Waals surface area contributed by atoms with Crippen molar-refractivity contribution in [3.05, 3.63) is 56.9 Å². The van der Waals surface area contributed by atoms with Crippen LogP contribution in [0.1, 0.15) is 66.8 Å². The van der Waals surface area contributed by atoms with Crippen molar-refractivity contribution in [3.8, 4) is 0 Å². The first-order valence-corrected chi connectivity index (χ1v) is 9.78. The number of nitrogens with zero attached hydrogens (tertiary/aromatic N) is 3. The van der Waals surface area contributed by atoms with E-state index in [4.69, 9.17) is 0 Å². The lowest BCUT2D eigenvalue weighted by atomic mass is 9.78. The number of nitro groups is 1. The number of nitrogens with one attached hydrogen (secondary N) is 1. The van der Waals surface area contributed by atoms with Gasteiger partial charge in [-0.3, -0.25) is 19.6 Å². The number of benzene rings is 1. The topological polar surface area (TPSA) is 90.1 Å². The molecule has 0 saturated heterocycles. The van der Waals surface area contributed by atoms with Crippen LogP contribution in [0.25, 0.3) is 0 Å². The van der Waals surface area contributed by atoms with Gasteiger partial charge in [0.05, 0.1) is 11.5 Å². The minimum atomic E-state index is -0.395. The average molecular weight is 384 g/mol. The molecule has 2 aromatic rings. The number of amides is 1. The summed E-state index contributed by atoms with van der Waals surface area (Å²) < 4.78 is 1.63. The van der Waals surface area contributed by atoms with Gasteiger partial charge in [-0.15, -0.1) is 0 Å². The minimum Gasteiger partial charge on any atom is -0.347 e. The summed E-state index contributed by atoms with van der Waals surface area (Å²) in [6, 6.07) is 7.37. The molecule has 0 unspecified atom stereocenters. The van der Waals surface area contributed by atoms with Gasteiger partial charge in [-0.2, -0.15) is 5.10 Å². The Morgan fingerprint density at radius 1 is 1.29 bits per heavy atom. The second-order valence-corrected chi connectivity index (χ2v) is 8.33. The fraction of sp³-hybridized carbons (Fsp3) is 0.524. The predicted octanol–water partition coefficient (Wildman–Crippen LogP) is 4.16. The molecule has 1 heterocycles. The van der Waals surface area contributed by atoms with Crippen LogP contribution in [0.5, 0.6) is 0 Å². The second-order valence-electron chi connectivity index (χ2n) is 8.33. The van der Waals surface area contributed by atoms with Crippen molar-refractivity contribution in [3.63, 3.8) is 0 Å². The van der Waals surface area contributed by atoms with Crippen LogP contribution in [0.3, 0.4) is 0 Å². The predicted molar refractivity (Wildman–Crippen MR) is 107 cm³/mol. The maximum Gasteiger partial charge on any atom is 0.312 e.